The van der Waals surface area contributed by atoms with Gasteiger partial charge in [0.15, 0.2) is 0 Å². The van der Waals surface area contributed by atoms with E-state index >= 15 is 0 Å². The van der Waals surface area contributed by atoms with Gasteiger partial charge in [-0.1, -0.05) is 6.08 Å². The van der Waals surface area contributed by atoms with Crippen LogP contribution in [0.4, 0.5) is 0 Å². The number of ether oxygens (including phenoxy) is 1. The Labute approximate surface area is 175 Å². The Kier molecular flexibility index (Phi) is 4.81. The van der Waals surface area contributed by atoms with Crippen molar-refractivity contribution in [1.82, 2.24) is 9.47 Å². The molecule has 0 unspecified atom stereocenters. The number of aromatic nitrogens is 1. The highest BCUT2D eigenvalue weighted by atomic mass is 16.5. The summed E-state index contributed by atoms with van der Waals surface area (Å²) in [6.07, 6.45) is 7.66. The van der Waals surface area contributed by atoms with E-state index in [-0.39, 0.29) is 24.1 Å². The molecule has 160 valence electrons. The lowest BCUT2D eigenvalue weighted by atomic mass is 9.87. The number of hydrogen-bond donors (Lipinski definition) is 1. The molecule has 5 rings (SSSR count). The Morgan fingerprint density at radius 2 is 2.07 bits per heavy atom. The van der Waals surface area contributed by atoms with Gasteiger partial charge in [0, 0.05) is 36.7 Å². The third-order valence-electron chi connectivity index (χ3n) is 7.35. The van der Waals surface area contributed by atoms with Crippen LogP contribution in [0.25, 0.3) is 5.57 Å². The maximum Gasteiger partial charge on any atom is 0.311 e. The largest absolute Gasteiger partial charge is 0.469 e. The summed E-state index contributed by atoms with van der Waals surface area (Å²) in [5.41, 5.74) is 2.41. The van der Waals surface area contributed by atoms with E-state index in [0.29, 0.717) is 30.1 Å². The van der Waals surface area contributed by atoms with E-state index in [2.05, 4.69) is 6.08 Å². The van der Waals surface area contributed by atoms with Gasteiger partial charge in [0.25, 0.3) is 5.56 Å². The molecule has 4 aliphatic rings. The second-order valence-electron chi connectivity index (χ2n) is 9.07. The fourth-order valence-corrected chi connectivity index (χ4v) is 5.68. The molecule has 3 heterocycles. The summed E-state index contributed by atoms with van der Waals surface area (Å²) in [4.78, 5) is 41.1. The van der Waals surface area contributed by atoms with Crippen molar-refractivity contribution in [3.05, 3.63) is 39.8 Å². The zero-order chi connectivity index (χ0) is 21.0. The molecule has 7 heteroatoms. The molecule has 1 amide bonds. The number of hydrogen-bond acceptors (Lipinski definition) is 5. The molecule has 1 N–H and O–H groups in total. The van der Waals surface area contributed by atoms with Gasteiger partial charge in [-0.25, -0.2) is 0 Å². The van der Waals surface area contributed by atoms with Crippen LogP contribution < -0.4 is 5.56 Å². The van der Waals surface area contributed by atoms with Crippen molar-refractivity contribution in [3.63, 3.8) is 0 Å². The third kappa shape index (κ3) is 2.94. The minimum atomic E-state index is -0.669. The summed E-state index contributed by atoms with van der Waals surface area (Å²) in [6.45, 7) is 0.0792. The normalized spacial score (nSPS) is 29.5. The Morgan fingerprint density at radius 3 is 2.70 bits per heavy atom. The predicted octanol–water partition coefficient (Wildman–Crippen LogP) is 1.88. The van der Waals surface area contributed by atoms with Crippen molar-refractivity contribution in [1.29, 1.82) is 0 Å². The van der Waals surface area contributed by atoms with Gasteiger partial charge in [-0.05, 0) is 55.7 Å². The molecule has 2 bridgehead atoms. The minimum Gasteiger partial charge on any atom is -0.469 e. The highest BCUT2D eigenvalue weighted by molar-refractivity contribution is 5.82. The SMILES string of the molecule is COC(=O)[C@H]1[C@H](CO)[C@H]2Cn3c(ccc(C4=CCCC4)c3=O)[C@@H]1N2C(=O)CC1CC1. The van der Waals surface area contributed by atoms with E-state index in [9.17, 15) is 19.5 Å². The zero-order valence-corrected chi connectivity index (χ0v) is 17.3. The molecule has 0 radical (unpaired) electrons. The van der Waals surface area contributed by atoms with Crippen LogP contribution in [0.3, 0.4) is 0 Å². The number of allylic oxidation sites excluding steroid dienone is 2. The first-order chi connectivity index (χ1) is 14.5. The number of esters is 1. The lowest BCUT2D eigenvalue weighted by Crippen LogP contribution is -2.49. The van der Waals surface area contributed by atoms with Crippen LogP contribution in [0.5, 0.6) is 0 Å². The van der Waals surface area contributed by atoms with Crippen LogP contribution >= 0.6 is 0 Å². The number of pyridine rings is 1. The van der Waals surface area contributed by atoms with Gasteiger partial charge < -0.3 is 19.3 Å². The molecular weight excluding hydrogens is 384 g/mol. The maximum atomic E-state index is 13.4. The first kappa shape index (κ1) is 19.5. The summed E-state index contributed by atoms with van der Waals surface area (Å²) in [6, 6.07) is 2.78. The summed E-state index contributed by atoms with van der Waals surface area (Å²) >= 11 is 0. The van der Waals surface area contributed by atoms with Crippen molar-refractivity contribution >= 4 is 17.4 Å². The molecule has 1 aromatic rings. The molecule has 2 fully saturated rings. The quantitative estimate of drug-likeness (QED) is 0.746. The third-order valence-corrected chi connectivity index (χ3v) is 7.35. The van der Waals surface area contributed by atoms with Crippen molar-refractivity contribution in [3.8, 4) is 0 Å². The number of carbonyl (C=O) groups excluding carboxylic acids is 2. The monoisotopic (exact) mass is 412 g/mol. The number of amides is 1. The summed E-state index contributed by atoms with van der Waals surface area (Å²) in [5, 5.41) is 10.2. The molecule has 7 nitrogen and oxygen atoms in total. The molecule has 4 atom stereocenters. The Hall–Kier alpha value is -2.41. The van der Waals surface area contributed by atoms with Gasteiger partial charge in [0.1, 0.15) is 0 Å². The van der Waals surface area contributed by atoms with Crippen molar-refractivity contribution < 1.29 is 19.4 Å². The predicted molar refractivity (Wildman–Crippen MR) is 109 cm³/mol. The molecule has 2 aliphatic carbocycles. The average molecular weight is 412 g/mol. The number of carbonyl (C=O) groups is 2. The van der Waals surface area contributed by atoms with E-state index in [0.717, 1.165) is 37.7 Å². The molecule has 0 spiro atoms. The van der Waals surface area contributed by atoms with Crippen LogP contribution in [-0.2, 0) is 20.9 Å². The van der Waals surface area contributed by atoms with Gasteiger partial charge in [-0.3, -0.25) is 14.4 Å². The molecule has 0 aromatic carbocycles. The number of nitrogens with zero attached hydrogens (tertiary/aromatic N) is 2. The number of fused-ring (bicyclic) bond motifs is 4. The van der Waals surface area contributed by atoms with E-state index in [1.165, 1.54) is 7.11 Å². The topological polar surface area (TPSA) is 88.8 Å². The molecule has 2 aliphatic heterocycles. The van der Waals surface area contributed by atoms with E-state index < -0.39 is 23.8 Å². The lowest BCUT2D eigenvalue weighted by molar-refractivity contribution is -0.148. The molecule has 1 aromatic heterocycles. The first-order valence-corrected chi connectivity index (χ1v) is 11.0. The lowest BCUT2D eigenvalue weighted by Gasteiger charge is -2.38. The van der Waals surface area contributed by atoms with Gasteiger partial charge >= 0.3 is 5.97 Å². The molecule has 1 saturated carbocycles. The Morgan fingerprint density at radius 1 is 1.27 bits per heavy atom. The van der Waals surface area contributed by atoms with Crippen LogP contribution in [0.1, 0.15) is 55.8 Å². The van der Waals surface area contributed by atoms with Gasteiger partial charge in [0.2, 0.25) is 5.91 Å². The fourth-order valence-electron chi connectivity index (χ4n) is 5.68. The zero-order valence-electron chi connectivity index (χ0n) is 17.3. The van der Waals surface area contributed by atoms with E-state index in [1.54, 1.807) is 9.47 Å². The highest BCUT2D eigenvalue weighted by Gasteiger charge is 2.58. The minimum absolute atomic E-state index is 0.0126. The van der Waals surface area contributed by atoms with Crippen LogP contribution in [0.2, 0.25) is 0 Å². The van der Waals surface area contributed by atoms with Gasteiger partial charge in [0.05, 0.1) is 25.1 Å². The second-order valence-corrected chi connectivity index (χ2v) is 9.07. The average Bonchev–Trinajstić information content (AvgIpc) is 3.31. The Balaban J connectivity index is 1.61. The van der Waals surface area contributed by atoms with Crippen molar-refractivity contribution in [2.24, 2.45) is 17.8 Å². The van der Waals surface area contributed by atoms with Crippen molar-refractivity contribution in [2.45, 2.75) is 57.2 Å². The molecular formula is C23H28N2O5. The highest BCUT2D eigenvalue weighted by Crippen LogP contribution is 2.50. The Bertz CT molecular complexity index is 976. The number of rotatable bonds is 5. The van der Waals surface area contributed by atoms with Crippen LogP contribution in [0, 0.1) is 17.8 Å². The number of aliphatic hydroxyl groups is 1. The van der Waals surface area contributed by atoms with Gasteiger partial charge in [-0.15, -0.1) is 0 Å². The van der Waals surface area contributed by atoms with Crippen LogP contribution in [0.15, 0.2) is 23.0 Å². The smallest absolute Gasteiger partial charge is 0.311 e. The van der Waals surface area contributed by atoms with E-state index in [1.807, 2.05) is 12.1 Å². The standard InChI is InChI=1S/C23H28N2O5/c1-30-23(29)20-16(12-26)18-11-24-17(21(20)25(18)19(27)10-13-6-7-13)9-8-15(22(24)28)14-4-2-3-5-14/h4,8-9,13,16,18,20-21,26H,2-3,5-7,10-12H2,1H3/t16-,18-,20+,21+/m1/s1. The summed E-state index contributed by atoms with van der Waals surface area (Å²) in [5.74, 6) is -1.12. The molecule has 1 saturated heterocycles. The first-order valence-electron chi connectivity index (χ1n) is 11.0. The summed E-state index contributed by atoms with van der Waals surface area (Å²) in [7, 11) is 1.33. The van der Waals surface area contributed by atoms with Crippen LogP contribution in [-0.4, -0.2) is 46.2 Å². The summed E-state index contributed by atoms with van der Waals surface area (Å²) < 4.78 is 6.79. The fraction of sp³-hybridized carbons (Fsp3) is 0.609. The van der Waals surface area contributed by atoms with Gasteiger partial charge in [-0.2, -0.15) is 0 Å². The molecule has 30 heavy (non-hydrogen) atoms. The van der Waals surface area contributed by atoms with Crippen molar-refractivity contribution in [2.75, 3.05) is 13.7 Å². The number of aliphatic hydroxyl groups excluding tert-OH is 1. The second kappa shape index (κ2) is 7.38. The maximum absolute atomic E-state index is 13.4. The number of methoxy groups -OCH3 is 1. The van der Waals surface area contributed by atoms with E-state index in [4.69, 9.17) is 4.74 Å².